The molecule has 20 nitrogen and oxygen atoms in total. The van der Waals surface area contributed by atoms with Crippen LogP contribution in [0.25, 0.3) is 22.3 Å². The van der Waals surface area contributed by atoms with Crippen LogP contribution >= 0.6 is 15.6 Å². The third kappa shape index (κ3) is 4.85. The van der Waals surface area contributed by atoms with Gasteiger partial charge in [-0.2, -0.15) is 0 Å². The number of halogens is 1. The lowest BCUT2D eigenvalue weighted by Gasteiger charge is -2.28. The summed E-state index contributed by atoms with van der Waals surface area (Å²) in [7, 11) is -8.75. The third-order valence-corrected chi connectivity index (χ3v) is 9.71. The van der Waals surface area contributed by atoms with Crippen molar-refractivity contribution in [2.24, 2.45) is 7.05 Å². The molecule has 6 heterocycles. The smallest absolute Gasteiger partial charge is 0.388 e. The molecule has 3 aliphatic rings. The number of fused-ring (bicyclic) bond motifs is 5. The molecule has 236 valence electrons. The average molecular weight is 659 g/mol. The van der Waals surface area contributed by atoms with E-state index >= 15 is 4.39 Å². The summed E-state index contributed by atoms with van der Waals surface area (Å²) >= 11 is 0. The molecule has 1 saturated carbocycles. The maximum Gasteiger partial charge on any atom is 0.473 e. The first-order valence-corrected chi connectivity index (χ1v) is 16.0. The first-order chi connectivity index (χ1) is 20.8. The number of aromatic nitrogens is 8. The molecule has 0 spiro atoms. The third-order valence-electron chi connectivity index (χ3n) is 7.68. The van der Waals surface area contributed by atoms with Crippen LogP contribution in [0.2, 0.25) is 0 Å². The summed E-state index contributed by atoms with van der Waals surface area (Å²) in [5.74, 6) is 0.00807. The number of aliphatic hydroxyl groups is 1. The Morgan fingerprint density at radius 3 is 2.43 bits per heavy atom. The molecule has 0 radical (unpaired) electrons. The van der Waals surface area contributed by atoms with Crippen LogP contribution in [0.4, 0.5) is 10.2 Å². The van der Waals surface area contributed by atoms with Crippen molar-refractivity contribution in [3.63, 3.8) is 0 Å². The molecule has 4 aromatic heterocycles. The van der Waals surface area contributed by atoms with E-state index in [9.17, 15) is 28.8 Å². The highest BCUT2D eigenvalue weighted by Crippen LogP contribution is 2.56. The molecule has 5 N–H and O–H groups in total. The Morgan fingerprint density at radius 2 is 1.64 bits per heavy atom. The zero-order valence-corrected chi connectivity index (χ0v) is 24.2. The Kier molecular flexibility index (Phi) is 6.98. The monoisotopic (exact) mass is 659 g/mol. The number of aliphatic hydroxyl groups excluding tert-OH is 1. The van der Waals surface area contributed by atoms with Crippen molar-refractivity contribution in [1.82, 2.24) is 38.6 Å². The normalized spacial score (nSPS) is 38.0. The van der Waals surface area contributed by atoms with Gasteiger partial charge in [-0.05, 0) is 0 Å². The number of phosphoric acid groups is 2. The number of nitrogens with two attached hydrogens (primary N) is 1. The van der Waals surface area contributed by atoms with Gasteiger partial charge in [0.2, 0.25) is 0 Å². The van der Waals surface area contributed by atoms with Crippen LogP contribution in [0.1, 0.15) is 18.7 Å². The number of rotatable bonds is 2. The van der Waals surface area contributed by atoms with Gasteiger partial charge in [0.1, 0.15) is 42.4 Å². The largest absolute Gasteiger partial charge is 0.473 e. The predicted molar refractivity (Wildman–Crippen MR) is 141 cm³/mol. The van der Waals surface area contributed by atoms with Crippen molar-refractivity contribution in [2.45, 2.75) is 55.4 Å². The van der Waals surface area contributed by atoms with E-state index in [-0.39, 0.29) is 34.6 Å². The van der Waals surface area contributed by atoms with Crippen LogP contribution in [-0.2, 0) is 39.0 Å². The van der Waals surface area contributed by atoms with Gasteiger partial charge in [0.25, 0.3) is 5.56 Å². The van der Waals surface area contributed by atoms with Crippen LogP contribution in [-0.4, -0.2) is 96.8 Å². The number of nitrogens with zero attached hydrogens (tertiary/aromatic N) is 8. The standard InChI is InChI=1S/C21H24FN9O11P2/c1-29-5-28-19-13(20(29)33)27-6-30(19)8-2-9-14(32)15(8)41-43(34,35)38-3-10-16(42-44(36,37)40-9)11(22)21(39-10)31-7-26-12-17(23)24-4-25-18(12)31/h4-11,14-16,21,32H,2-3H2,1H3,(H,34,35)(H,36,37)(H2,23,24,25)/t8-,9+,10-,11-,14-,15+,16-,21-/m1/s1. The van der Waals surface area contributed by atoms with Crippen molar-refractivity contribution in [3.8, 4) is 0 Å². The Hall–Kier alpha value is -3.23. The molecular formula is C21H24FN9O11P2. The second-order valence-electron chi connectivity index (χ2n) is 10.4. The van der Waals surface area contributed by atoms with Crippen molar-refractivity contribution < 1.29 is 51.2 Å². The van der Waals surface area contributed by atoms with E-state index in [1.807, 2.05) is 0 Å². The number of hydrogen-bond donors (Lipinski definition) is 4. The zero-order valence-electron chi connectivity index (χ0n) is 22.4. The fourth-order valence-electron chi connectivity index (χ4n) is 5.63. The molecule has 3 fully saturated rings. The lowest BCUT2D eigenvalue weighted by atomic mass is 10.1. The number of ether oxygens (including phenoxy) is 1. The molecule has 2 bridgehead atoms. The van der Waals surface area contributed by atoms with E-state index in [4.69, 9.17) is 28.6 Å². The fourth-order valence-corrected chi connectivity index (χ4v) is 7.76. The van der Waals surface area contributed by atoms with Crippen LogP contribution in [0.3, 0.4) is 0 Å². The number of hydrogen-bond acceptors (Lipinski definition) is 15. The van der Waals surface area contributed by atoms with Crippen molar-refractivity contribution in [1.29, 1.82) is 0 Å². The highest BCUT2D eigenvalue weighted by atomic mass is 31.2. The minimum Gasteiger partial charge on any atom is -0.388 e. The summed E-state index contributed by atoms with van der Waals surface area (Å²) < 4.78 is 72.6. The van der Waals surface area contributed by atoms with Gasteiger partial charge in [0.15, 0.2) is 35.0 Å². The van der Waals surface area contributed by atoms with Gasteiger partial charge in [-0.25, -0.2) is 38.4 Å². The number of aryl methyl sites for hydroxylation is 1. The van der Waals surface area contributed by atoms with Gasteiger partial charge < -0.3 is 34.5 Å². The minimum absolute atomic E-state index is 0.00807. The van der Waals surface area contributed by atoms with Gasteiger partial charge in [-0.15, -0.1) is 0 Å². The number of phosphoric ester groups is 2. The van der Waals surface area contributed by atoms with Crippen LogP contribution < -0.4 is 11.3 Å². The number of imidazole rings is 2. The number of nitrogen functional groups attached to an aromatic ring is 1. The molecule has 2 saturated heterocycles. The first-order valence-electron chi connectivity index (χ1n) is 13.0. The summed E-state index contributed by atoms with van der Waals surface area (Å²) in [6.07, 6.45) is -7.71. The van der Waals surface area contributed by atoms with Gasteiger partial charge in [0.05, 0.1) is 31.6 Å². The van der Waals surface area contributed by atoms with Crippen LogP contribution in [0.15, 0.2) is 30.1 Å². The summed E-state index contributed by atoms with van der Waals surface area (Å²) in [5, 5.41) is 11.0. The van der Waals surface area contributed by atoms with E-state index in [2.05, 4.69) is 24.9 Å². The number of anilines is 1. The summed E-state index contributed by atoms with van der Waals surface area (Å²) in [4.78, 5) is 54.0. The van der Waals surface area contributed by atoms with Gasteiger partial charge in [-0.3, -0.25) is 27.5 Å². The van der Waals surface area contributed by atoms with E-state index in [1.54, 1.807) is 0 Å². The molecule has 23 heteroatoms. The van der Waals surface area contributed by atoms with Gasteiger partial charge in [-0.1, -0.05) is 0 Å². The molecule has 0 amide bonds. The second kappa shape index (κ2) is 10.4. The van der Waals surface area contributed by atoms with Crippen LogP contribution in [0.5, 0.6) is 0 Å². The molecule has 4 aromatic rings. The molecule has 1 aliphatic carbocycles. The lowest BCUT2D eigenvalue weighted by Crippen LogP contribution is -2.37. The Bertz CT molecular complexity index is 1920. The number of alkyl halides is 1. The lowest BCUT2D eigenvalue weighted by molar-refractivity contribution is -0.0663. The van der Waals surface area contributed by atoms with Crippen molar-refractivity contribution in [3.05, 3.63) is 35.7 Å². The summed E-state index contributed by atoms with van der Waals surface area (Å²) in [6, 6.07) is -1.09. The molecule has 2 unspecified atom stereocenters. The van der Waals surface area contributed by atoms with E-state index in [0.29, 0.717) is 0 Å². The van der Waals surface area contributed by atoms with E-state index in [1.165, 1.54) is 28.8 Å². The topological polar surface area (TPSA) is 263 Å². The van der Waals surface area contributed by atoms with E-state index in [0.717, 1.165) is 17.2 Å². The average Bonchev–Trinajstić information content (AvgIpc) is 3.72. The molecule has 44 heavy (non-hydrogen) atoms. The minimum atomic E-state index is -5.17. The SMILES string of the molecule is Cn1cnc2c(ncn2[C@@H]2C[C@@H]3OP(=O)(O)O[C@H]4[C@@H](F)[C@H](n5cnc6c(N)ncnc65)O[C@@H]4COP(=O)(O)O[C@@H]2[C@@H]3O)c1=O. The van der Waals surface area contributed by atoms with Gasteiger partial charge >= 0.3 is 15.6 Å². The van der Waals surface area contributed by atoms with Gasteiger partial charge in [0, 0.05) is 13.5 Å². The maximum atomic E-state index is 15.9. The zero-order chi connectivity index (χ0) is 31.1. The summed E-state index contributed by atoms with van der Waals surface area (Å²) in [5.41, 5.74) is 5.54. The highest BCUT2D eigenvalue weighted by molar-refractivity contribution is 7.47. The second-order valence-corrected chi connectivity index (χ2v) is 13.2. The Morgan fingerprint density at radius 1 is 0.932 bits per heavy atom. The highest BCUT2D eigenvalue weighted by Gasteiger charge is 2.55. The molecule has 2 aliphatic heterocycles. The Balaban J connectivity index is 1.22. The van der Waals surface area contributed by atoms with Crippen molar-refractivity contribution in [2.75, 3.05) is 12.3 Å². The molecule has 7 rings (SSSR count). The Labute approximate surface area is 244 Å². The molecule has 0 aromatic carbocycles. The molecule has 10 atom stereocenters. The fraction of sp³-hybridized carbons (Fsp3) is 0.524. The predicted octanol–water partition coefficient (Wildman–Crippen LogP) is -0.520. The quantitative estimate of drug-likeness (QED) is 0.197. The summed E-state index contributed by atoms with van der Waals surface area (Å²) in [6.45, 7) is -0.859. The van der Waals surface area contributed by atoms with E-state index < -0.39 is 76.8 Å². The van der Waals surface area contributed by atoms with Crippen molar-refractivity contribution >= 4 is 43.8 Å². The first kappa shape index (κ1) is 29.5. The maximum absolute atomic E-state index is 15.9. The van der Waals surface area contributed by atoms with Crippen LogP contribution in [0, 0.1) is 0 Å². The molecular weight excluding hydrogens is 635 g/mol.